The van der Waals surface area contributed by atoms with Gasteiger partial charge in [-0.3, -0.25) is 9.48 Å². The van der Waals surface area contributed by atoms with Crippen LogP contribution in [0.1, 0.15) is 50.6 Å². The third kappa shape index (κ3) is 6.11. The van der Waals surface area contributed by atoms with E-state index in [4.69, 9.17) is 9.47 Å². The Morgan fingerprint density at radius 1 is 1.11 bits per heavy atom. The Bertz CT molecular complexity index is 827. The van der Waals surface area contributed by atoms with Crippen molar-refractivity contribution in [3.8, 4) is 11.5 Å². The van der Waals surface area contributed by atoms with Crippen molar-refractivity contribution in [2.75, 3.05) is 13.2 Å². The lowest BCUT2D eigenvalue weighted by Gasteiger charge is -2.13. The summed E-state index contributed by atoms with van der Waals surface area (Å²) in [7, 11) is 0. The maximum Gasteiger partial charge on any atom is 0.261 e. The van der Waals surface area contributed by atoms with Crippen LogP contribution < -0.4 is 14.9 Å². The zero-order chi connectivity index (χ0) is 20.5. The number of amides is 1. The summed E-state index contributed by atoms with van der Waals surface area (Å²) in [6.45, 7) is 11.2. The number of hydrogen-bond acceptors (Lipinski definition) is 5. The second kappa shape index (κ2) is 10.5. The van der Waals surface area contributed by atoms with Crippen LogP contribution in [0.25, 0.3) is 0 Å². The van der Waals surface area contributed by atoms with E-state index in [1.54, 1.807) is 4.68 Å². The summed E-state index contributed by atoms with van der Waals surface area (Å²) < 4.78 is 13.2. The smallest absolute Gasteiger partial charge is 0.261 e. The van der Waals surface area contributed by atoms with Gasteiger partial charge >= 0.3 is 0 Å². The van der Waals surface area contributed by atoms with Gasteiger partial charge < -0.3 is 9.47 Å². The van der Waals surface area contributed by atoms with Crippen LogP contribution in [0.4, 0.5) is 0 Å². The first kappa shape index (κ1) is 21.5. The lowest BCUT2D eigenvalue weighted by atomic mass is 10.1. The van der Waals surface area contributed by atoms with Crippen molar-refractivity contribution in [3.05, 3.63) is 41.2 Å². The fourth-order valence-electron chi connectivity index (χ4n) is 2.61. The van der Waals surface area contributed by atoms with E-state index in [-0.39, 0.29) is 12.5 Å². The van der Waals surface area contributed by atoms with E-state index >= 15 is 0 Å². The van der Waals surface area contributed by atoms with E-state index in [1.807, 2.05) is 45.0 Å². The molecule has 1 heterocycles. The highest BCUT2D eigenvalue weighted by Crippen LogP contribution is 2.29. The second-order valence-corrected chi connectivity index (χ2v) is 6.68. The third-order valence-corrected chi connectivity index (χ3v) is 4.03. The molecule has 0 unspecified atom stereocenters. The van der Waals surface area contributed by atoms with Crippen molar-refractivity contribution in [3.63, 3.8) is 0 Å². The number of rotatable bonds is 10. The Balaban J connectivity index is 2.07. The minimum absolute atomic E-state index is 0.130. The largest absolute Gasteiger partial charge is 0.490 e. The van der Waals surface area contributed by atoms with Crippen LogP contribution in [0, 0.1) is 13.8 Å². The summed E-state index contributed by atoms with van der Waals surface area (Å²) in [6, 6.07) is 7.62. The summed E-state index contributed by atoms with van der Waals surface area (Å²) in [4.78, 5) is 12.2. The van der Waals surface area contributed by atoms with Gasteiger partial charge in [-0.25, -0.2) is 5.43 Å². The molecule has 7 heteroatoms. The molecule has 0 fully saturated rings. The maximum atomic E-state index is 12.2. The van der Waals surface area contributed by atoms with Gasteiger partial charge in [-0.05, 0) is 57.9 Å². The number of aromatic nitrogens is 2. The molecule has 0 atom stereocenters. The highest BCUT2D eigenvalue weighted by molar-refractivity contribution is 5.99. The number of ether oxygens (including phenoxy) is 2. The van der Waals surface area contributed by atoms with Gasteiger partial charge in [0.15, 0.2) is 11.5 Å². The molecule has 0 aliphatic heterocycles. The predicted molar refractivity (Wildman–Crippen MR) is 110 cm³/mol. The molecule has 0 spiro atoms. The molecule has 7 nitrogen and oxygen atoms in total. The van der Waals surface area contributed by atoms with E-state index in [1.165, 1.54) is 0 Å². The molecule has 28 heavy (non-hydrogen) atoms. The molecule has 0 aliphatic rings. The number of hydrogen-bond donors (Lipinski definition) is 1. The van der Waals surface area contributed by atoms with Gasteiger partial charge in [0.05, 0.1) is 24.6 Å². The molecule has 0 radical (unpaired) electrons. The van der Waals surface area contributed by atoms with Crippen molar-refractivity contribution in [1.29, 1.82) is 0 Å². The summed E-state index contributed by atoms with van der Waals surface area (Å²) in [5, 5.41) is 8.51. The predicted octanol–water partition coefficient (Wildman–Crippen LogP) is 3.62. The zero-order valence-electron chi connectivity index (χ0n) is 17.4. The van der Waals surface area contributed by atoms with Crippen molar-refractivity contribution in [2.45, 2.75) is 54.0 Å². The molecule has 2 aromatic rings. The normalized spacial score (nSPS) is 11.4. The van der Waals surface area contributed by atoms with Crippen LogP contribution in [0.3, 0.4) is 0 Å². The standard InChI is InChI=1S/C21H30N4O3/c1-6-10-27-19-9-8-18(13-20(19)28-11-7-2)17(5)22-23-21(26)14-25-16(4)12-15(3)24-25/h8-9,12-13H,6-7,10-11,14H2,1-5H3,(H,23,26). The molecule has 1 aromatic heterocycles. The molecule has 1 aromatic carbocycles. The topological polar surface area (TPSA) is 77.7 Å². The van der Waals surface area contributed by atoms with Gasteiger partial charge in [0.1, 0.15) is 6.54 Å². The van der Waals surface area contributed by atoms with E-state index in [0.717, 1.165) is 35.5 Å². The summed E-state index contributed by atoms with van der Waals surface area (Å²) in [5.41, 5.74) is 5.96. The zero-order valence-corrected chi connectivity index (χ0v) is 17.4. The van der Waals surface area contributed by atoms with Gasteiger partial charge in [0.2, 0.25) is 0 Å². The lowest BCUT2D eigenvalue weighted by Crippen LogP contribution is -2.25. The van der Waals surface area contributed by atoms with Crippen molar-refractivity contribution >= 4 is 11.6 Å². The lowest BCUT2D eigenvalue weighted by molar-refractivity contribution is -0.121. The molecule has 2 rings (SSSR count). The van der Waals surface area contributed by atoms with Gasteiger partial charge in [-0.2, -0.15) is 10.2 Å². The Morgan fingerprint density at radius 2 is 1.79 bits per heavy atom. The van der Waals surface area contributed by atoms with Crippen LogP contribution >= 0.6 is 0 Å². The first-order valence-corrected chi connectivity index (χ1v) is 9.68. The SMILES string of the molecule is CCCOc1ccc(C(C)=NNC(=O)Cn2nc(C)cc2C)cc1OCCC. The van der Waals surface area contributed by atoms with E-state index < -0.39 is 0 Å². The monoisotopic (exact) mass is 386 g/mol. The molecule has 1 N–H and O–H groups in total. The number of benzene rings is 1. The van der Waals surface area contributed by atoms with Crippen molar-refractivity contribution < 1.29 is 14.3 Å². The second-order valence-electron chi connectivity index (χ2n) is 6.68. The van der Waals surface area contributed by atoms with Crippen LogP contribution in [0.5, 0.6) is 11.5 Å². The van der Waals surface area contributed by atoms with Gasteiger partial charge in [0, 0.05) is 11.3 Å². The molecule has 0 saturated heterocycles. The van der Waals surface area contributed by atoms with Crippen LogP contribution in [-0.2, 0) is 11.3 Å². The van der Waals surface area contributed by atoms with Crippen molar-refractivity contribution in [2.24, 2.45) is 5.10 Å². The number of nitrogens with zero attached hydrogens (tertiary/aromatic N) is 3. The highest BCUT2D eigenvalue weighted by Gasteiger charge is 2.10. The molecular formula is C21H30N4O3. The molecular weight excluding hydrogens is 356 g/mol. The number of carbonyl (C=O) groups is 1. The molecule has 0 bridgehead atoms. The molecule has 1 amide bonds. The fraction of sp³-hybridized carbons (Fsp3) is 0.476. The minimum atomic E-state index is -0.226. The van der Waals surface area contributed by atoms with E-state index in [9.17, 15) is 4.79 Å². The average Bonchev–Trinajstić information content (AvgIpc) is 2.99. The van der Waals surface area contributed by atoms with E-state index in [0.29, 0.717) is 24.7 Å². The summed E-state index contributed by atoms with van der Waals surface area (Å²) in [6.07, 6.45) is 1.84. The number of carbonyl (C=O) groups excluding carboxylic acids is 1. The molecule has 0 aliphatic carbocycles. The number of nitrogens with one attached hydrogen (secondary N) is 1. The molecule has 0 saturated carbocycles. The average molecular weight is 386 g/mol. The Morgan fingerprint density at radius 3 is 2.39 bits per heavy atom. The molecule has 152 valence electrons. The van der Waals surface area contributed by atoms with Crippen LogP contribution in [-0.4, -0.2) is 34.6 Å². The van der Waals surface area contributed by atoms with Gasteiger partial charge in [-0.1, -0.05) is 13.8 Å². The van der Waals surface area contributed by atoms with Crippen molar-refractivity contribution in [1.82, 2.24) is 15.2 Å². The highest BCUT2D eigenvalue weighted by atomic mass is 16.5. The summed E-state index contributed by atoms with van der Waals surface area (Å²) >= 11 is 0. The summed E-state index contributed by atoms with van der Waals surface area (Å²) in [5.74, 6) is 1.19. The third-order valence-electron chi connectivity index (χ3n) is 4.03. The Hall–Kier alpha value is -2.83. The Kier molecular flexibility index (Phi) is 8.04. The van der Waals surface area contributed by atoms with Gasteiger partial charge in [-0.15, -0.1) is 0 Å². The minimum Gasteiger partial charge on any atom is -0.490 e. The quantitative estimate of drug-likeness (QED) is 0.500. The van der Waals surface area contributed by atoms with Crippen LogP contribution in [0.2, 0.25) is 0 Å². The van der Waals surface area contributed by atoms with Crippen LogP contribution in [0.15, 0.2) is 29.4 Å². The first-order valence-electron chi connectivity index (χ1n) is 9.68. The fourth-order valence-corrected chi connectivity index (χ4v) is 2.61. The first-order chi connectivity index (χ1) is 13.4. The number of aryl methyl sites for hydroxylation is 2. The number of hydrazone groups is 1. The van der Waals surface area contributed by atoms with Gasteiger partial charge in [0.25, 0.3) is 5.91 Å². The maximum absolute atomic E-state index is 12.2. The Labute approximate surface area is 166 Å². The van der Waals surface area contributed by atoms with E-state index in [2.05, 4.69) is 29.5 Å².